The average Bonchev–Trinajstić information content (AvgIpc) is 2.25. The lowest BCUT2D eigenvalue weighted by Gasteiger charge is -2.02. The Balaban J connectivity index is 2.67. The van der Waals surface area contributed by atoms with E-state index in [2.05, 4.69) is 10.3 Å². The van der Waals surface area contributed by atoms with Crippen LogP contribution in [0.3, 0.4) is 0 Å². The summed E-state index contributed by atoms with van der Waals surface area (Å²) in [6.07, 6.45) is 6.31. The Morgan fingerprint density at radius 3 is 3.07 bits per heavy atom. The predicted octanol–water partition coefficient (Wildman–Crippen LogP) is 0.917. The van der Waals surface area contributed by atoms with Gasteiger partial charge in [-0.25, -0.2) is 0 Å². The van der Waals surface area contributed by atoms with Crippen LogP contribution in [0, 0.1) is 10.1 Å². The summed E-state index contributed by atoms with van der Waals surface area (Å²) >= 11 is 0. The van der Waals surface area contributed by atoms with E-state index in [1.54, 1.807) is 12.1 Å². The van der Waals surface area contributed by atoms with Crippen LogP contribution in [0.4, 0.5) is 11.4 Å². The maximum atomic E-state index is 10.6. The van der Waals surface area contributed by atoms with Crippen molar-refractivity contribution in [2.24, 2.45) is 5.73 Å². The van der Waals surface area contributed by atoms with Gasteiger partial charge in [0.1, 0.15) is 11.9 Å². The SMILES string of the molecule is NC/C=C/CNc1ccncc1[N+](=O)[O-]. The highest BCUT2D eigenvalue weighted by molar-refractivity contribution is 5.59. The van der Waals surface area contributed by atoms with Crippen LogP contribution >= 0.6 is 0 Å². The number of pyridine rings is 1. The van der Waals surface area contributed by atoms with Crippen LogP contribution in [0.2, 0.25) is 0 Å². The van der Waals surface area contributed by atoms with Gasteiger partial charge in [0.15, 0.2) is 0 Å². The quantitative estimate of drug-likeness (QED) is 0.426. The molecule has 1 rings (SSSR count). The third-order valence-corrected chi connectivity index (χ3v) is 1.71. The molecule has 0 spiro atoms. The van der Waals surface area contributed by atoms with Gasteiger partial charge in [-0.1, -0.05) is 12.2 Å². The number of anilines is 1. The second-order valence-corrected chi connectivity index (χ2v) is 2.74. The van der Waals surface area contributed by atoms with E-state index in [1.807, 2.05) is 6.08 Å². The van der Waals surface area contributed by atoms with Crippen LogP contribution in [-0.2, 0) is 0 Å². The van der Waals surface area contributed by atoms with Crippen LogP contribution < -0.4 is 11.1 Å². The van der Waals surface area contributed by atoms with Gasteiger partial charge in [-0.05, 0) is 6.07 Å². The Labute approximate surface area is 87.0 Å². The molecule has 0 amide bonds. The third-order valence-electron chi connectivity index (χ3n) is 1.71. The van der Waals surface area contributed by atoms with E-state index in [0.717, 1.165) is 0 Å². The molecule has 1 aromatic rings. The number of nitrogens with one attached hydrogen (secondary N) is 1. The molecule has 0 aliphatic rings. The van der Waals surface area contributed by atoms with Crippen molar-refractivity contribution in [1.82, 2.24) is 4.98 Å². The van der Waals surface area contributed by atoms with E-state index < -0.39 is 4.92 Å². The molecule has 80 valence electrons. The van der Waals surface area contributed by atoms with Gasteiger partial charge in [0.05, 0.1) is 4.92 Å². The first-order valence-electron chi connectivity index (χ1n) is 4.43. The van der Waals surface area contributed by atoms with Crippen LogP contribution in [0.15, 0.2) is 30.6 Å². The first-order chi connectivity index (χ1) is 7.25. The van der Waals surface area contributed by atoms with Gasteiger partial charge < -0.3 is 11.1 Å². The summed E-state index contributed by atoms with van der Waals surface area (Å²) in [5.74, 6) is 0. The summed E-state index contributed by atoms with van der Waals surface area (Å²) in [7, 11) is 0. The van der Waals surface area contributed by atoms with Crippen LogP contribution in [0.25, 0.3) is 0 Å². The van der Waals surface area contributed by atoms with Crippen LogP contribution in [-0.4, -0.2) is 23.0 Å². The third kappa shape index (κ3) is 3.35. The lowest BCUT2D eigenvalue weighted by molar-refractivity contribution is -0.384. The molecule has 0 fully saturated rings. The Hall–Kier alpha value is -1.95. The summed E-state index contributed by atoms with van der Waals surface area (Å²) in [6.45, 7) is 0.960. The number of aromatic nitrogens is 1. The number of nitro groups is 1. The Kier molecular flexibility index (Phi) is 4.24. The normalized spacial score (nSPS) is 10.5. The molecule has 6 nitrogen and oxygen atoms in total. The second kappa shape index (κ2) is 5.71. The zero-order valence-corrected chi connectivity index (χ0v) is 8.09. The van der Waals surface area contributed by atoms with E-state index in [-0.39, 0.29) is 5.69 Å². The highest BCUT2D eigenvalue weighted by Crippen LogP contribution is 2.21. The maximum Gasteiger partial charge on any atom is 0.310 e. The minimum atomic E-state index is -0.470. The first-order valence-corrected chi connectivity index (χ1v) is 4.43. The minimum absolute atomic E-state index is 0.0290. The summed E-state index contributed by atoms with van der Waals surface area (Å²) in [6, 6.07) is 1.56. The molecule has 15 heavy (non-hydrogen) atoms. The van der Waals surface area contributed by atoms with E-state index in [0.29, 0.717) is 18.8 Å². The van der Waals surface area contributed by atoms with E-state index >= 15 is 0 Å². The molecule has 0 aliphatic heterocycles. The molecular weight excluding hydrogens is 196 g/mol. The van der Waals surface area contributed by atoms with Gasteiger partial charge in [-0.3, -0.25) is 15.1 Å². The lowest BCUT2D eigenvalue weighted by Crippen LogP contribution is -2.03. The number of hydrogen-bond donors (Lipinski definition) is 2. The summed E-state index contributed by atoms with van der Waals surface area (Å²) in [5.41, 5.74) is 5.68. The van der Waals surface area contributed by atoms with Crippen molar-refractivity contribution in [2.45, 2.75) is 0 Å². The minimum Gasteiger partial charge on any atom is -0.376 e. The zero-order chi connectivity index (χ0) is 11.1. The molecule has 0 aromatic carbocycles. The van der Waals surface area contributed by atoms with Crippen molar-refractivity contribution in [3.63, 3.8) is 0 Å². The summed E-state index contributed by atoms with van der Waals surface area (Å²) in [5, 5.41) is 13.5. The molecule has 0 aliphatic carbocycles. The van der Waals surface area contributed by atoms with Crippen molar-refractivity contribution >= 4 is 11.4 Å². The molecule has 0 atom stereocenters. The fourth-order valence-corrected chi connectivity index (χ4v) is 1.03. The molecule has 0 saturated heterocycles. The lowest BCUT2D eigenvalue weighted by atomic mass is 10.3. The maximum absolute atomic E-state index is 10.6. The van der Waals surface area contributed by atoms with Crippen molar-refractivity contribution < 1.29 is 4.92 Å². The number of nitrogens with two attached hydrogens (primary N) is 1. The van der Waals surface area contributed by atoms with Crippen molar-refractivity contribution in [1.29, 1.82) is 0 Å². The molecule has 1 heterocycles. The van der Waals surface area contributed by atoms with Crippen molar-refractivity contribution in [3.8, 4) is 0 Å². The Bertz CT molecular complexity index is 365. The largest absolute Gasteiger partial charge is 0.376 e. The number of hydrogen-bond acceptors (Lipinski definition) is 5. The molecule has 1 aromatic heterocycles. The van der Waals surface area contributed by atoms with E-state index in [1.165, 1.54) is 12.4 Å². The van der Waals surface area contributed by atoms with Gasteiger partial charge in [0.2, 0.25) is 0 Å². The second-order valence-electron chi connectivity index (χ2n) is 2.74. The summed E-state index contributed by atoms with van der Waals surface area (Å²) < 4.78 is 0. The highest BCUT2D eigenvalue weighted by atomic mass is 16.6. The molecular formula is C9H12N4O2. The monoisotopic (exact) mass is 208 g/mol. The smallest absolute Gasteiger partial charge is 0.310 e. The van der Waals surface area contributed by atoms with Crippen LogP contribution in [0.1, 0.15) is 0 Å². The molecule has 0 bridgehead atoms. The zero-order valence-electron chi connectivity index (χ0n) is 8.09. The van der Waals surface area contributed by atoms with E-state index in [4.69, 9.17) is 5.73 Å². The van der Waals surface area contributed by atoms with Crippen molar-refractivity contribution in [3.05, 3.63) is 40.7 Å². The van der Waals surface area contributed by atoms with Crippen LogP contribution in [0.5, 0.6) is 0 Å². The Morgan fingerprint density at radius 2 is 2.40 bits per heavy atom. The number of nitrogens with zero attached hydrogens (tertiary/aromatic N) is 2. The molecule has 0 saturated carbocycles. The fourth-order valence-electron chi connectivity index (χ4n) is 1.03. The molecule has 6 heteroatoms. The van der Waals surface area contributed by atoms with E-state index in [9.17, 15) is 10.1 Å². The summed E-state index contributed by atoms with van der Waals surface area (Å²) in [4.78, 5) is 13.8. The van der Waals surface area contributed by atoms with Gasteiger partial charge in [-0.2, -0.15) is 0 Å². The molecule has 0 unspecified atom stereocenters. The standard InChI is InChI=1S/C9H12N4O2/c10-4-1-2-5-12-8-3-6-11-7-9(8)13(14)15/h1-3,6-7H,4-5,10H2,(H,11,12)/b2-1+. The first kappa shape index (κ1) is 11.1. The van der Waals surface area contributed by atoms with Gasteiger partial charge >= 0.3 is 5.69 Å². The van der Waals surface area contributed by atoms with Gasteiger partial charge in [-0.15, -0.1) is 0 Å². The fraction of sp³-hybridized carbons (Fsp3) is 0.222. The highest BCUT2D eigenvalue weighted by Gasteiger charge is 2.11. The van der Waals surface area contributed by atoms with Gasteiger partial charge in [0, 0.05) is 19.3 Å². The van der Waals surface area contributed by atoms with Gasteiger partial charge in [0.25, 0.3) is 0 Å². The topological polar surface area (TPSA) is 94.1 Å². The predicted molar refractivity (Wildman–Crippen MR) is 57.6 cm³/mol. The molecule has 3 N–H and O–H groups in total. The van der Waals surface area contributed by atoms with Crippen molar-refractivity contribution in [2.75, 3.05) is 18.4 Å². The molecule has 0 radical (unpaired) electrons. The average molecular weight is 208 g/mol. The Morgan fingerprint density at radius 1 is 1.60 bits per heavy atom. The number of rotatable bonds is 5.